The Bertz CT molecular complexity index is 782. The van der Waals surface area contributed by atoms with E-state index < -0.39 is 19.2 Å². The third kappa shape index (κ3) is 5.20. The van der Waals surface area contributed by atoms with Gasteiger partial charge in [-0.3, -0.25) is 0 Å². The van der Waals surface area contributed by atoms with Gasteiger partial charge in [-0.1, -0.05) is 0 Å². The van der Waals surface area contributed by atoms with Crippen LogP contribution in [0.1, 0.15) is 63.4 Å². The summed E-state index contributed by atoms with van der Waals surface area (Å²) in [5.74, 6) is 1.49. The van der Waals surface area contributed by atoms with Crippen LogP contribution in [0.3, 0.4) is 0 Å². The fourth-order valence-electron chi connectivity index (χ4n) is 4.39. The molecule has 6 heteroatoms. The van der Waals surface area contributed by atoms with Crippen molar-refractivity contribution in [1.82, 2.24) is 0 Å². The first kappa shape index (κ1) is 20.4. The van der Waals surface area contributed by atoms with Gasteiger partial charge in [0.05, 0.1) is 0 Å². The molecule has 2 heterocycles. The number of rotatable bonds is 2. The van der Waals surface area contributed by atoms with Gasteiger partial charge in [0, 0.05) is 0 Å². The number of halogens is 2. The van der Waals surface area contributed by atoms with Crippen LogP contribution in [-0.4, -0.2) is 16.9 Å². The van der Waals surface area contributed by atoms with Gasteiger partial charge in [-0.2, -0.15) is 0 Å². The Kier molecular flexibility index (Phi) is 6.39. The molecule has 0 spiro atoms. The van der Waals surface area contributed by atoms with Crippen LogP contribution in [0.5, 0.6) is 0 Å². The molecule has 2 N–H and O–H groups in total. The second kappa shape index (κ2) is 8.13. The van der Waals surface area contributed by atoms with Gasteiger partial charge in [-0.25, -0.2) is 0 Å². The third-order valence-corrected chi connectivity index (χ3v) is 13.7. The molecule has 3 aliphatic rings. The summed E-state index contributed by atoms with van der Waals surface area (Å²) >= 11 is -0.971. The minimum atomic E-state index is -0.964. The molecule has 4 rings (SSSR count). The van der Waals surface area contributed by atoms with E-state index >= 15 is 0 Å². The summed E-state index contributed by atoms with van der Waals surface area (Å²) in [6.07, 6.45) is 8.98. The molecule has 0 amide bonds. The molecular weight excluding hydrogens is 584 g/mol. The monoisotopic (exact) mass is 615 g/mol. The SMILES string of the molecule is CC1(N)CCCCC(C2CC(P)(P)[I-]c3cc(N=I4=CC4)ccc32)CC1. The zero-order chi connectivity index (χ0) is 18.4. The van der Waals surface area contributed by atoms with Crippen LogP contribution in [0.2, 0.25) is 0 Å². The number of benzene rings is 1. The number of fused-ring (bicyclic) bond motifs is 1. The summed E-state index contributed by atoms with van der Waals surface area (Å²) in [6, 6.07) is 7.22. The van der Waals surface area contributed by atoms with Crippen molar-refractivity contribution in [3.8, 4) is 0 Å². The summed E-state index contributed by atoms with van der Waals surface area (Å²) < 4.78 is 10.7. The molecule has 146 valence electrons. The molecule has 0 saturated heterocycles. The molecular formula is C20H31I2N2P2-. The molecule has 5 unspecified atom stereocenters. The van der Waals surface area contributed by atoms with Gasteiger partial charge in [0.2, 0.25) is 0 Å². The molecule has 0 aromatic heterocycles. The normalized spacial score (nSPS) is 36.8. The zero-order valence-electron chi connectivity index (χ0n) is 15.6. The zero-order valence-corrected chi connectivity index (χ0v) is 22.2. The van der Waals surface area contributed by atoms with Crippen LogP contribution >= 0.6 is 37.7 Å². The Morgan fingerprint density at radius 3 is 2.81 bits per heavy atom. The van der Waals surface area contributed by atoms with Gasteiger partial charge in [-0.15, -0.1) is 0 Å². The van der Waals surface area contributed by atoms with Gasteiger partial charge in [-0.05, 0) is 0 Å². The van der Waals surface area contributed by atoms with Crippen LogP contribution in [0, 0.1) is 9.49 Å². The van der Waals surface area contributed by atoms with E-state index in [0.717, 1.165) is 5.92 Å². The fourth-order valence-corrected chi connectivity index (χ4v) is 12.2. The summed E-state index contributed by atoms with van der Waals surface area (Å²) in [5.41, 5.74) is 9.51. The number of nitrogens with two attached hydrogens (primary N) is 1. The molecule has 1 saturated carbocycles. The fraction of sp³-hybridized carbons (Fsp3) is 0.650. The standard InChI is InChI=1S/C20H31I2N2P2/c1-19(23)8-3-2-4-14(7-9-19)17-13-20(25,26)21-18-12-15(5-6-16(17)18)24-22-10-11-22/h5-6,10,12,14,17H,2-4,7-9,11,13,23,25-26H2,1H3/q-1. The first-order chi connectivity index (χ1) is 12.3. The molecule has 0 radical (unpaired) electrons. The maximum absolute atomic E-state index is 6.55. The Labute approximate surface area is 180 Å². The van der Waals surface area contributed by atoms with Gasteiger partial charge in [0.15, 0.2) is 0 Å². The molecule has 2 aliphatic heterocycles. The number of hydrogen-bond acceptors (Lipinski definition) is 2. The van der Waals surface area contributed by atoms with Crippen LogP contribution in [0.25, 0.3) is 0 Å². The van der Waals surface area contributed by atoms with Crippen LogP contribution in [-0.2, 0) is 0 Å². The van der Waals surface area contributed by atoms with Crippen LogP contribution in [0.15, 0.2) is 21.3 Å². The second-order valence-corrected chi connectivity index (χ2v) is 21.7. The van der Waals surface area contributed by atoms with Gasteiger partial charge in [0.1, 0.15) is 0 Å². The van der Waals surface area contributed by atoms with E-state index in [1.807, 2.05) is 0 Å². The number of alkyl halides is 2. The van der Waals surface area contributed by atoms with E-state index in [1.54, 1.807) is 9.13 Å². The Balaban J connectivity index is 1.63. The third-order valence-electron chi connectivity index (χ3n) is 5.92. The van der Waals surface area contributed by atoms with Crippen LogP contribution < -0.4 is 26.9 Å². The molecule has 26 heavy (non-hydrogen) atoms. The van der Waals surface area contributed by atoms with Crippen molar-refractivity contribution >= 4 is 47.4 Å². The minimum absolute atomic E-state index is 0.00668. The number of hydrogen-bond donors (Lipinski definition) is 1. The first-order valence-electron chi connectivity index (χ1n) is 9.68. The van der Waals surface area contributed by atoms with E-state index in [-0.39, 0.29) is 26.7 Å². The van der Waals surface area contributed by atoms with E-state index in [9.17, 15) is 0 Å². The Hall–Kier alpha value is 1.17. The van der Waals surface area contributed by atoms with Crippen molar-refractivity contribution in [2.45, 2.75) is 66.2 Å². The molecule has 1 aromatic rings. The molecule has 2 nitrogen and oxygen atoms in total. The van der Waals surface area contributed by atoms with E-state index in [4.69, 9.17) is 8.88 Å². The maximum atomic E-state index is 6.55. The Morgan fingerprint density at radius 1 is 1.23 bits per heavy atom. The molecule has 0 bridgehead atoms. The van der Waals surface area contributed by atoms with E-state index in [1.165, 1.54) is 55.1 Å². The molecule has 1 aromatic carbocycles. The van der Waals surface area contributed by atoms with Crippen molar-refractivity contribution < 1.29 is 21.2 Å². The summed E-state index contributed by atoms with van der Waals surface area (Å²) in [5, 5.41) is 0. The summed E-state index contributed by atoms with van der Waals surface area (Å²) in [4.78, 5) is 0. The van der Waals surface area contributed by atoms with E-state index in [2.05, 4.69) is 47.6 Å². The summed E-state index contributed by atoms with van der Waals surface area (Å²) in [6.45, 7) is 2.26. The topological polar surface area (TPSA) is 38.4 Å². The van der Waals surface area contributed by atoms with Crippen molar-refractivity contribution in [2.24, 2.45) is 14.8 Å². The quantitative estimate of drug-likeness (QED) is 0.311. The average Bonchev–Trinajstić information content (AvgIpc) is 3.34. The van der Waals surface area contributed by atoms with Crippen molar-refractivity contribution in [1.29, 1.82) is 0 Å². The van der Waals surface area contributed by atoms with Crippen molar-refractivity contribution in [3.05, 3.63) is 27.3 Å². The van der Waals surface area contributed by atoms with E-state index in [0.29, 0.717) is 8.82 Å². The second-order valence-electron chi connectivity index (χ2n) is 8.50. The predicted molar refractivity (Wildman–Crippen MR) is 125 cm³/mol. The van der Waals surface area contributed by atoms with Crippen LogP contribution in [0.4, 0.5) is 5.69 Å². The molecule has 1 fully saturated rings. The van der Waals surface area contributed by atoms with Crippen molar-refractivity contribution in [2.75, 3.05) is 4.43 Å². The van der Waals surface area contributed by atoms with Gasteiger partial charge < -0.3 is 0 Å². The van der Waals surface area contributed by atoms with Gasteiger partial charge in [0.25, 0.3) is 0 Å². The number of nitrogens with zero attached hydrogens (tertiary/aromatic N) is 1. The summed E-state index contributed by atoms with van der Waals surface area (Å²) in [7, 11) is 6.37. The van der Waals surface area contributed by atoms with Gasteiger partial charge >= 0.3 is 181 Å². The molecule has 5 atom stereocenters. The predicted octanol–water partition coefficient (Wildman–Crippen LogP) is 2.66. The molecule has 1 aliphatic carbocycles. The average molecular weight is 615 g/mol. The van der Waals surface area contributed by atoms with Crippen molar-refractivity contribution in [3.63, 3.8) is 0 Å². The first-order valence-corrected chi connectivity index (χ1v) is 16.7. The Morgan fingerprint density at radius 2 is 2.04 bits per heavy atom.